The Morgan fingerprint density at radius 2 is 2.20 bits per heavy atom. The molecule has 0 radical (unpaired) electrons. The van der Waals surface area contributed by atoms with Crippen LogP contribution in [0.25, 0.3) is 0 Å². The highest BCUT2D eigenvalue weighted by atomic mass is 16.6. The fourth-order valence-electron chi connectivity index (χ4n) is 2.17. The van der Waals surface area contributed by atoms with Gasteiger partial charge in [-0.15, -0.1) is 0 Å². The molecule has 0 aliphatic rings. The predicted octanol–water partition coefficient (Wildman–Crippen LogP) is 2.47. The number of non-ortho nitro benzene ring substituents is 1. The van der Waals surface area contributed by atoms with Crippen LogP contribution in [-0.2, 0) is 6.54 Å². The van der Waals surface area contributed by atoms with Crippen LogP contribution in [0.4, 0.5) is 5.69 Å². The fraction of sp³-hybridized carbons (Fsp3) is 0.286. The molecule has 1 heterocycles. The van der Waals surface area contributed by atoms with Crippen molar-refractivity contribution in [1.29, 1.82) is 0 Å². The summed E-state index contributed by atoms with van der Waals surface area (Å²) in [6, 6.07) is 8.32. The van der Waals surface area contributed by atoms with Gasteiger partial charge in [0.15, 0.2) is 0 Å². The monoisotopic (exact) mass is 275 g/mol. The van der Waals surface area contributed by atoms with Gasteiger partial charge in [0.25, 0.3) is 5.69 Å². The molecule has 0 saturated heterocycles. The van der Waals surface area contributed by atoms with E-state index in [1.165, 1.54) is 12.1 Å². The van der Waals surface area contributed by atoms with Crippen LogP contribution >= 0.6 is 0 Å². The largest absolute Gasteiger partial charge is 0.496 e. The molecule has 6 heteroatoms. The lowest BCUT2D eigenvalue weighted by molar-refractivity contribution is -0.384. The van der Waals surface area contributed by atoms with Gasteiger partial charge in [-0.2, -0.15) is 0 Å². The number of hydrogen-bond acceptors (Lipinski definition) is 4. The third kappa shape index (κ3) is 2.80. The fourth-order valence-corrected chi connectivity index (χ4v) is 2.17. The maximum absolute atomic E-state index is 10.9. The molecule has 106 valence electrons. The zero-order valence-corrected chi connectivity index (χ0v) is 11.4. The Labute approximate surface area is 116 Å². The molecule has 20 heavy (non-hydrogen) atoms. The van der Waals surface area contributed by atoms with E-state index in [9.17, 15) is 10.1 Å². The summed E-state index contributed by atoms with van der Waals surface area (Å²) in [4.78, 5) is 10.5. The van der Waals surface area contributed by atoms with Crippen molar-refractivity contribution in [1.82, 2.24) is 4.57 Å². The number of rotatable bonds is 5. The Balaban J connectivity index is 2.38. The van der Waals surface area contributed by atoms with E-state index in [1.807, 2.05) is 29.8 Å². The predicted molar refractivity (Wildman–Crippen MR) is 75.8 cm³/mol. The van der Waals surface area contributed by atoms with Gasteiger partial charge in [0, 0.05) is 35.6 Å². The molecule has 2 N–H and O–H groups in total. The van der Waals surface area contributed by atoms with Crippen molar-refractivity contribution < 1.29 is 9.66 Å². The second-order valence-corrected chi connectivity index (χ2v) is 4.60. The highest BCUT2D eigenvalue weighted by molar-refractivity contribution is 5.44. The molecule has 1 aromatic heterocycles. The number of methoxy groups -OCH3 is 1. The Morgan fingerprint density at radius 3 is 2.80 bits per heavy atom. The van der Waals surface area contributed by atoms with Crippen molar-refractivity contribution in [2.75, 3.05) is 7.11 Å². The first-order valence-corrected chi connectivity index (χ1v) is 6.25. The van der Waals surface area contributed by atoms with Crippen LogP contribution in [-0.4, -0.2) is 16.6 Å². The Morgan fingerprint density at radius 1 is 1.45 bits per heavy atom. The van der Waals surface area contributed by atoms with Crippen LogP contribution in [0.2, 0.25) is 0 Å². The zero-order chi connectivity index (χ0) is 14.7. The van der Waals surface area contributed by atoms with Crippen molar-refractivity contribution in [2.45, 2.75) is 19.5 Å². The van der Waals surface area contributed by atoms with Crippen LogP contribution in [0.5, 0.6) is 5.75 Å². The third-order valence-corrected chi connectivity index (χ3v) is 3.15. The minimum atomic E-state index is -0.412. The standard InChI is InChI=1S/C14H17N3O3/c1-10(15)13-4-3-7-16(13)9-11-8-12(17(18)19)5-6-14(11)20-2/h3-8,10H,9,15H2,1-2H3. The number of nitrogens with two attached hydrogens (primary N) is 1. The summed E-state index contributed by atoms with van der Waals surface area (Å²) in [5.74, 6) is 0.625. The molecule has 2 rings (SSSR count). The number of nitro benzene ring substituents is 1. The summed E-state index contributed by atoms with van der Waals surface area (Å²) < 4.78 is 7.23. The van der Waals surface area contributed by atoms with E-state index in [-0.39, 0.29) is 11.7 Å². The third-order valence-electron chi connectivity index (χ3n) is 3.15. The maximum Gasteiger partial charge on any atom is 0.270 e. The van der Waals surface area contributed by atoms with Crippen molar-refractivity contribution in [3.05, 3.63) is 57.9 Å². The van der Waals surface area contributed by atoms with Gasteiger partial charge in [-0.05, 0) is 25.1 Å². The first kappa shape index (κ1) is 14.1. The molecule has 0 saturated carbocycles. The Kier molecular flexibility index (Phi) is 4.05. The number of benzene rings is 1. The van der Waals surface area contributed by atoms with Gasteiger partial charge in [0.1, 0.15) is 5.75 Å². The summed E-state index contributed by atoms with van der Waals surface area (Å²) in [5, 5.41) is 10.9. The molecular weight excluding hydrogens is 258 g/mol. The lowest BCUT2D eigenvalue weighted by atomic mass is 10.1. The van der Waals surface area contributed by atoms with Crippen molar-refractivity contribution >= 4 is 5.69 Å². The average molecular weight is 275 g/mol. The van der Waals surface area contributed by atoms with Gasteiger partial charge in [0.2, 0.25) is 0 Å². The first-order valence-electron chi connectivity index (χ1n) is 6.25. The molecule has 2 aromatic rings. The summed E-state index contributed by atoms with van der Waals surface area (Å²) in [7, 11) is 1.55. The van der Waals surface area contributed by atoms with Crippen LogP contribution in [0.3, 0.4) is 0 Å². The molecular formula is C14H17N3O3. The maximum atomic E-state index is 10.9. The highest BCUT2D eigenvalue weighted by Gasteiger charge is 2.13. The number of nitrogens with zero attached hydrogens (tertiary/aromatic N) is 2. The van der Waals surface area contributed by atoms with Crippen LogP contribution in [0.15, 0.2) is 36.5 Å². The number of nitro groups is 1. The van der Waals surface area contributed by atoms with E-state index < -0.39 is 4.92 Å². The summed E-state index contributed by atoms with van der Waals surface area (Å²) in [6.07, 6.45) is 1.90. The van der Waals surface area contributed by atoms with E-state index in [0.29, 0.717) is 12.3 Å². The molecule has 1 aromatic carbocycles. The summed E-state index contributed by atoms with van der Waals surface area (Å²) in [6.45, 7) is 2.38. The van der Waals surface area contributed by atoms with E-state index in [2.05, 4.69) is 0 Å². The molecule has 0 fully saturated rings. The van der Waals surface area contributed by atoms with E-state index in [1.54, 1.807) is 13.2 Å². The van der Waals surface area contributed by atoms with E-state index in [0.717, 1.165) is 11.3 Å². The normalized spacial score (nSPS) is 12.2. The van der Waals surface area contributed by atoms with Crippen LogP contribution in [0.1, 0.15) is 24.2 Å². The van der Waals surface area contributed by atoms with E-state index in [4.69, 9.17) is 10.5 Å². The van der Waals surface area contributed by atoms with Gasteiger partial charge in [-0.1, -0.05) is 0 Å². The molecule has 0 aliphatic heterocycles. The molecule has 6 nitrogen and oxygen atoms in total. The molecule has 0 amide bonds. The number of aromatic nitrogens is 1. The molecule has 1 unspecified atom stereocenters. The summed E-state index contributed by atoms with van der Waals surface area (Å²) in [5.41, 5.74) is 7.67. The highest BCUT2D eigenvalue weighted by Crippen LogP contribution is 2.25. The second kappa shape index (κ2) is 5.75. The van der Waals surface area contributed by atoms with Crippen molar-refractivity contribution in [3.8, 4) is 5.75 Å². The SMILES string of the molecule is COc1ccc([N+](=O)[O-])cc1Cn1cccc1C(C)N. The van der Waals surface area contributed by atoms with Gasteiger partial charge < -0.3 is 15.0 Å². The second-order valence-electron chi connectivity index (χ2n) is 4.60. The van der Waals surface area contributed by atoms with Gasteiger partial charge >= 0.3 is 0 Å². The lowest BCUT2D eigenvalue weighted by Crippen LogP contribution is -2.12. The van der Waals surface area contributed by atoms with Crippen LogP contribution < -0.4 is 10.5 Å². The first-order chi connectivity index (χ1) is 9.52. The minimum absolute atomic E-state index is 0.0512. The average Bonchev–Trinajstić information content (AvgIpc) is 2.87. The van der Waals surface area contributed by atoms with Crippen molar-refractivity contribution in [2.24, 2.45) is 5.73 Å². The van der Waals surface area contributed by atoms with Gasteiger partial charge in [-0.25, -0.2) is 0 Å². The van der Waals surface area contributed by atoms with Gasteiger partial charge in [-0.3, -0.25) is 10.1 Å². The topological polar surface area (TPSA) is 83.3 Å². The molecule has 0 bridgehead atoms. The molecule has 0 aliphatic carbocycles. The summed E-state index contributed by atoms with van der Waals surface area (Å²) >= 11 is 0. The number of hydrogen-bond donors (Lipinski definition) is 1. The molecule has 1 atom stereocenters. The Hall–Kier alpha value is -2.34. The quantitative estimate of drug-likeness (QED) is 0.671. The van der Waals surface area contributed by atoms with Crippen molar-refractivity contribution in [3.63, 3.8) is 0 Å². The van der Waals surface area contributed by atoms with Gasteiger partial charge in [0.05, 0.1) is 18.6 Å². The number of ether oxygens (including phenoxy) is 1. The minimum Gasteiger partial charge on any atom is -0.496 e. The Bertz CT molecular complexity index is 620. The smallest absolute Gasteiger partial charge is 0.270 e. The lowest BCUT2D eigenvalue weighted by Gasteiger charge is -2.14. The van der Waals surface area contributed by atoms with Crippen LogP contribution in [0, 0.1) is 10.1 Å². The molecule has 0 spiro atoms. The zero-order valence-electron chi connectivity index (χ0n) is 11.4. The van der Waals surface area contributed by atoms with E-state index >= 15 is 0 Å².